The van der Waals surface area contributed by atoms with Crippen molar-refractivity contribution in [2.75, 3.05) is 7.11 Å². The Balaban J connectivity index is 1.84. The summed E-state index contributed by atoms with van der Waals surface area (Å²) in [5.41, 5.74) is 0.575. The van der Waals surface area contributed by atoms with Gasteiger partial charge in [0.25, 0.3) is 5.56 Å². The number of benzene rings is 1. The number of aromatic amines is 1. The number of halogens is 1. The molecular formula is C16H16ClN5O3S. The van der Waals surface area contributed by atoms with Crippen molar-refractivity contribution in [2.24, 2.45) is 14.1 Å². The molecule has 0 aliphatic rings. The Morgan fingerprint density at radius 2 is 2.00 bits per heavy atom. The van der Waals surface area contributed by atoms with Crippen LogP contribution < -0.4 is 16.0 Å². The molecule has 2 heterocycles. The van der Waals surface area contributed by atoms with E-state index in [1.807, 2.05) is 0 Å². The molecule has 0 saturated carbocycles. The third-order valence-corrected chi connectivity index (χ3v) is 4.97. The van der Waals surface area contributed by atoms with E-state index in [1.54, 1.807) is 32.4 Å². The van der Waals surface area contributed by atoms with Crippen LogP contribution in [0, 0.1) is 0 Å². The van der Waals surface area contributed by atoms with Crippen LogP contribution in [0.15, 0.2) is 39.0 Å². The maximum atomic E-state index is 12.0. The molecule has 136 valence electrons. The summed E-state index contributed by atoms with van der Waals surface area (Å²) in [4.78, 5) is 28.2. The van der Waals surface area contributed by atoms with Crippen LogP contribution in [0.1, 0.15) is 5.69 Å². The van der Waals surface area contributed by atoms with Crippen LogP contribution >= 0.6 is 23.4 Å². The highest BCUT2D eigenvalue weighted by Crippen LogP contribution is 2.31. The molecule has 3 aromatic rings. The molecule has 0 radical (unpaired) electrons. The Morgan fingerprint density at radius 1 is 1.23 bits per heavy atom. The third-order valence-electron chi connectivity index (χ3n) is 3.86. The number of hydrogen-bond donors (Lipinski definition) is 1. The zero-order valence-corrected chi connectivity index (χ0v) is 15.9. The smallest absolute Gasteiger partial charge is 0.330 e. The third kappa shape index (κ3) is 3.54. The lowest BCUT2D eigenvalue weighted by molar-refractivity contribution is 0.416. The number of nitrogens with one attached hydrogen (secondary N) is 1. The van der Waals surface area contributed by atoms with Crippen LogP contribution in [-0.2, 0) is 19.8 Å². The van der Waals surface area contributed by atoms with Gasteiger partial charge in [-0.1, -0.05) is 23.4 Å². The predicted octanol–water partition coefficient (Wildman–Crippen LogP) is 1.82. The molecule has 0 aliphatic carbocycles. The largest absolute Gasteiger partial charge is 0.496 e. The highest BCUT2D eigenvalue weighted by Gasteiger charge is 2.13. The Labute approximate surface area is 157 Å². The maximum Gasteiger partial charge on any atom is 0.330 e. The number of hydrogen-bond acceptors (Lipinski definition) is 6. The molecule has 0 saturated heterocycles. The van der Waals surface area contributed by atoms with E-state index in [2.05, 4.69) is 15.2 Å². The molecule has 0 fully saturated rings. The van der Waals surface area contributed by atoms with Crippen LogP contribution in [0.4, 0.5) is 0 Å². The first-order valence-electron chi connectivity index (χ1n) is 7.55. The Morgan fingerprint density at radius 3 is 2.73 bits per heavy atom. The number of rotatable bonds is 5. The zero-order valence-electron chi connectivity index (χ0n) is 14.3. The van der Waals surface area contributed by atoms with Gasteiger partial charge in [-0.05, 0) is 18.2 Å². The van der Waals surface area contributed by atoms with Gasteiger partial charge >= 0.3 is 5.69 Å². The van der Waals surface area contributed by atoms with E-state index in [0.717, 1.165) is 4.57 Å². The lowest BCUT2D eigenvalue weighted by Gasteiger charge is -2.07. The fourth-order valence-electron chi connectivity index (χ4n) is 2.35. The van der Waals surface area contributed by atoms with Gasteiger partial charge in [0.1, 0.15) is 5.75 Å². The lowest BCUT2D eigenvalue weighted by Crippen LogP contribution is -2.37. The number of aromatic nitrogens is 5. The molecule has 1 N–H and O–H groups in total. The normalized spacial score (nSPS) is 10.9. The predicted molar refractivity (Wildman–Crippen MR) is 99.9 cm³/mol. The molecule has 10 heteroatoms. The van der Waals surface area contributed by atoms with Crippen molar-refractivity contribution in [3.63, 3.8) is 0 Å². The zero-order chi connectivity index (χ0) is 18.8. The number of nitrogens with zero attached hydrogens (tertiary/aromatic N) is 4. The monoisotopic (exact) mass is 393 g/mol. The number of H-pyrrole nitrogens is 1. The van der Waals surface area contributed by atoms with Crippen molar-refractivity contribution in [3.05, 3.63) is 55.8 Å². The van der Waals surface area contributed by atoms with Gasteiger partial charge in [-0.25, -0.2) is 9.78 Å². The van der Waals surface area contributed by atoms with Crippen molar-refractivity contribution in [1.29, 1.82) is 0 Å². The first-order valence-corrected chi connectivity index (χ1v) is 8.92. The molecule has 26 heavy (non-hydrogen) atoms. The van der Waals surface area contributed by atoms with Gasteiger partial charge in [-0.15, -0.1) is 5.10 Å². The number of thioether (sulfide) groups is 1. The Kier molecular flexibility index (Phi) is 5.19. The average molecular weight is 394 g/mol. The van der Waals surface area contributed by atoms with Crippen molar-refractivity contribution in [3.8, 4) is 17.1 Å². The molecule has 2 aromatic heterocycles. The molecule has 0 amide bonds. The molecule has 0 aliphatic heterocycles. The van der Waals surface area contributed by atoms with Crippen LogP contribution in [0.2, 0.25) is 5.02 Å². The second-order valence-corrected chi connectivity index (χ2v) is 6.85. The van der Waals surface area contributed by atoms with E-state index in [-0.39, 0.29) is 11.2 Å². The van der Waals surface area contributed by atoms with Crippen molar-refractivity contribution < 1.29 is 4.74 Å². The highest BCUT2D eigenvalue weighted by molar-refractivity contribution is 7.98. The summed E-state index contributed by atoms with van der Waals surface area (Å²) in [5, 5.41) is 8.05. The second-order valence-electron chi connectivity index (χ2n) is 5.47. The van der Waals surface area contributed by atoms with E-state index in [0.29, 0.717) is 38.8 Å². The van der Waals surface area contributed by atoms with Crippen LogP contribution in [0.3, 0.4) is 0 Å². The summed E-state index contributed by atoms with van der Waals surface area (Å²) >= 11 is 7.35. The van der Waals surface area contributed by atoms with Crippen LogP contribution in [0.5, 0.6) is 5.75 Å². The van der Waals surface area contributed by atoms with Gasteiger partial charge in [-0.2, -0.15) is 0 Å². The summed E-state index contributed by atoms with van der Waals surface area (Å²) in [6.45, 7) is 0. The average Bonchev–Trinajstić information content (AvgIpc) is 3.10. The van der Waals surface area contributed by atoms with Crippen LogP contribution in [-0.4, -0.2) is 31.4 Å². The molecular weight excluding hydrogens is 378 g/mol. The number of ether oxygens (including phenoxy) is 1. The minimum absolute atomic E-state index is 0.344. The van der Waals surface area contributed by atoms with Crippen molar-refractivity contribution >= 4 is 23.4 Å². The van der Waals surface area contributed by atoms with Gasteiger partial charge in [0.05, 0.1) is 12.7 Å². The van der Waals surface area contributed by atoms with Gasteiger partial charge in [-0.3, -0.25) is 19.0 Å². The van der Waals surface area contributed by atoms with Crippen molar-refractivity contribution in [2.45, 2.75) is 10.9 Å². The molecule has 0 spiro atoms. The summed E-state index contributed by atoms with van der Waals surface area (Å²) in [7, 11) is 4.63. The fraction of sp³-hybridized carbons (Fsp3) is 0.250. The molecule has 0 unspecified atom stereocenters. The van der Waals surface area contributed by atoms with Crippen molar-refractivity contribution in [1.82, 2.24) is 24.3 Å². The molecule has 3 rings (SSSR count). The quantitative estimate of drug-likeness (QED) is 0.664. The van der Waals surface area contributed by atoms with E-state index < -0.39 is 0 Å². The maximum absolute atomic E-state index is 12.0. The second kappa shape index (κ2) is 7.38. The number of methoxy groups -OCH3 is 1. The van der Waals surface area contributed by atoms with Gasteiger partial charge < -0.3 is 4.74 Å². The van der Waals surface area contributed by atoms with Gasteiger partial charge in [0.2, 0.25) is 5.16 Å². The Hall–Kier alpha value is -2.52. The molecule has 8 nitrogen and oxygen atoms in total. The summed E-state index contributed by atoms with van der Waals surface area (Å²) in [6, 6.07) is 6.65. The summed E-state index contributed by atoms with van der Waals surface area (Å²) < 4.78 is 7.81. The molecule has 0 atom stereocenters. The molecule has 1 aromatic carbocycles. The standard InChI is InChI=1S/C16H16ClN5O3S/c1-21-10(7-13(23)22(2)16(21)24)8-26-15-18-14(19-20-15)11-6-9(17)4-5-12(11)25-3/h4-7H,8H2,1-3H3,(H,18,19,20). The van der Waals surface area contributed by atoms with E-state index in [1.165, 1.54) is 29.4 Å². The summed E-state index contributed by atoms with van der Waals surface area (Å²) in [5.74, 6) is 1.52. The highest BCUT2D eigenvalue weighted by atomic mass is 35.5. The SMILES string of the molecule is COc1ccc(Cl)cc1-c1nc(SCc2cc(=O)n(C)c(=O)n2C)n[nH]1. The first kappa shape index (κ1) is 18.3. The van der Waals surface area contributed by atoms with Crippen LogP contribution in [0.25, 0.3) is 11.4 Å². The van der Waals surface area contributed by atoms with E-state index in [4.69, 9.17) is 16.3 Å². The lowest BCUT2D eigenvalue weighted by atomic mass is 10.2. The Bertz CT molecular complexity index is 1070. The summed E-state index contributed by atoms with van der Waals surface area (Å²) in [6.07, 6.45) is 0. The fourth-order valence-corrected chi connectivity index (χ4v) is 3.34. The minimum Gasteiger partial charge on any atom is -0.496 e. The first-order chi connectivity index (χ1) is 12.4. The molecule has 0 bridgehead atoms. The van der Waals surface area contributed by atoms with Gasteiger partial charge in [0.15, 0.2) is 5.82 Å². The topological polar surface area (TPSA) is 94.8 Å². The van der Waals surface area contributed by atoms with E-state index >= 15 is 0 Å². The van der Waals surface area contributed by atoms with E-state index in [9.17, 15) is 9.59 Å². The minimum atomic E-state index is -0.368. The van der Waals surface area contributed by atoms with Gasteiger partial charge in [0, 0.05) is 36.6 Å².